The van der Waals surface area contributed by atoms with Gasteiger partial charge in [0.05, 0.1) is 17.0 Å². The second-order valence-corrected chi connectivity index (χ2v) is 5.83. The van der Waals surface area contributed by atoms with E-state index in [1.165, 1.54) is 17.4 Å². The second kappa shape index (κ2) is 8.78. The summed E-state index contributed by atoms with van der Waals surface area (Å²) in [5.41, 5.74) is 0.442. The van der Waals surface area contributed by atoms with Crippen molar-refractivity contribution in [3.05, 3.63) is 41.6 Å². The largest absolute Gasteiger partial charge is 0.455 e. The van der Waals surface area contributed by atoms with Crippen LogP contribution < -0.4 is 10.6 Å². The Labute approximate surface area is 147 Å². The highest BCUT2D eigenvalue weighted by Crippen LogP contribution is 2.26. The van der Waals surface area contributed by atoms with Crippen molar-refractivity contribution in [2.45, 2.75) is 13.3 Å². The molecule has 8 nitrogen and oxygen atoms in total. The predicted molar refractivity (Wildman–Crippen MR) is 91.0 cm³/mol. The first-order valence-corrected chi connectivity index (χ1v) is 8.22. The smallest absolute Gasteiger partial charge is 0.321 e. The molecule has 2 N–H and O–H groups in total. The van der Waals surface area contributed by atoms with E-state index in [0.29, 0.717) is 17.3 Å². The maximum absolute atomic E-state index is 11.8. The van der Waals surface area contributed by atoms with E-state index in [0.717, 1.165) is 4.88 Å². The highest BCUT2D eigenvalue weighted by molar-refractivity contribution is 7.13. The molecular formula is C16H17N3O5S. The number of oxazole rings is 1. The Hall–Kier alpha value is -2.94. The van der Waals surface area contributed by atoms with Gasteiger partial charge in [0.15, 0.2) is 6.61 Å². The average Bonchev–Trinajstić information content (AvgIpc) is 3.21. The van der Waals surface area contributed by atoms with E-state index in [4.69, 9.17) is 9.15 Å². The van der Waals surface area contributed by atoms with Crippen molar-refractivity contribution < 1.29 is 23.5 Å². The van der Waals surface area contributed by atoms with Gasteiger partial charge in [-0.3, -0.25) is 14.9 Å². The van der Waals surface area contributed by atoms with E-state index >= 15 is 0 Å². The van der Waals surface area contributed by atoms with Crippen LogP contribution in [-0.2, 0) is 20.7 Å². The van der Waals surface area contributed by atoms with Gasteiger partial charge >= 0.3 is 12.0 Å². The Balaban J connectivity index is 1.81. The van der Waals surface area contributed by atoms with Crippen LogP contribution in [0.5, 0.6) is 0 Å². The molecule has 0 radical (unpaired) electrons. The first-order chi connectivity index (χ1) is 12.0. The number of rotatable bonds is 7. The molecule has 0 aromatic carbocycles. The molecule has 25 heavy (non-hydrogen) atoms. The van der Waals surface area contributed by atoms with Gasteiger partial charge in [0, 0.05) is 6.54 Å². The molecule has 0 spiro atoms. The number of amides is 3. The molecule has 0 aliphatic heterocycles. The minimum atomic E-state index is -0.730. The molecule has 0 aliphatic rings. The topological polar surface area (TPSA) is 111 Å². The van der Waals surface area contributed by atoms with Gasteiger partial charge in [0.1, 0.15) is 5.76 Å². The summed E-state index contributed by atoms with van der Waals surface area (Å²) in [6.45, 7) is 4.78. The van der Waals surface area contributed by atoms with E-state index in [-0.39, 0.29) is 13.0 Å². The number of carbonyl (C=O) groups excluding carboxylic acids is 3. The number of ether oxygens (including phenoxy) is 1. The summed E-state index contributed by atoms with van der Waals surface area (Å²) in [4.78, 5) is 39.7. The third-order valence-electron chi connectivity index (χ3n) is 2.96. The van der Waals surface area contributed by atoms with Crippen molar-refractivity contribution in [3.8, 4) is 10.8 Å². The number of nitrogens with zero attached hydrogens (tertiary/aromatic N) is 1. The summed E-state index contributed by atoms with van der Waals surface area (Å²) in [6.07, 6.45) is 1.34. The lowest BCUT2D eigenvalue weighted by atomic mass is 10.3. The van der Waals surface area contributed by atoms with E-state index in [1.54, 1.807) is 6.92 Å². The molecule has 2 aromatic heterocycles. The van der Waals surface area contributed by atoms with Crippen molar-refractivity contribution in [1.82, 2.24) is 15.6 Å². The van der Waals surface area contributed by atoms with Gasteiger partial charge in [-0.15, -0.1) is 17.9 Å². The van der Waals surface area contributed by atoms with E-state index < -0.39 is 24.5 Å². The standard InChI is InChI=1S/C16H17N3O5S/c1-3-6-17-16(22)19-13(20)9-23-14(21)8-11-10(2)24-15(18-11)12-5-4-7-25-12/h3-5,7H,1,6,8-9H2,2H3,(H2,17,19,20,22). The predicted octanol–water partition coefficient (Wildman–Crippen LogP) is 1.81. The highest BCUT2D eigenvalue weighted by atomic mass is 32.1. The van der Waals surface area contributed by atoms with Crippen molar-refractivity contribution in [2.24, 2.45) is 0 Å². The summed E-state index contributed by atoms with van der Waals surface area (Å²) in [5, 5.41) is 6.28. The third kappa shape index (κ3) is 5.57. The zero-order chi connectivity index (χ0) is 18.2. The zero-order valence-electron chi connectivity index (χ0n) is 13.5. The minimum Gasteiger partial charge on any atom is -0.455 e. The molecule has 0 fully saturated rings. The Morgan fingerprint density at radius 1 is 1.44 bits per heavy atom. The summed E-state index contributed by atoms with van der Waals surface area (Å²) < 4.78 is 10.4. The fourth-order valence-electron chi connectivity index (χ4n) is 1.80. The first kappa shape index (κ1) is 18.4. The summed E-state index contributed by atoms with van der Waals surface area (Å²) in [6, 6.07) is 3.05. The Morgan fingerprint density at radius 3 is 2.92 bits per heavy atom. The van der Waals surface area contributed by atoms with Gasteiger partial charge in [-0.1, -0.05) is 12.1 Å². The fourth-order valence-corrected chi connectivity index (χ4v) is 2.45. The van der Waals surface area contributed by atoms with Gasteiger partial charge in [0.2, 0.25) is 5.89 Å². The Bertz CT molecular complexity index is 767. The number of carbonyl (C=O) groups is 3. The van der Waals surface area contributed by atoms with Crippen LogP contribution in [0.1, 0.15) is 11.5 Å². The molecule has 0 aliphatic carbocycles. The lowest BCUT2D eigenvalue weighted by molar-refractivity contribution is -0.147. The van der Waals surface area contributed by atoms with Gasteiger partial charge in [-0.05, 0) is 18.4 Å². The number of thiophene rings is 1. The van der Waals surface area contributed by atoms with E-state index in [1.807, 2.05) is 22.8 Å². The maximum atomic E-state index is 11.8. The van der Waals surface area contributed by atoms with Gasteiger partial charge in [-0.25, -0.2) is 9.78 Å². The van der Waals surface area contributed by atoms with Crippen LogP contribution in [0, 0.1) is 6.92 Å². The molecule has 2 rings (SSSR count). The summed E-state index contributed by atoms with van der Waals surface area (Å²) in [5.74, 6) is -0.428. The molecule has 0 bridgehead atoms. The van der Waals surface area contributed by atoms with Gasteiger partial charge in [0.25, 0.3) is 5.91 Å². The van der Waals surface area contributed by atoms with Crippen LogP contribution in [-0.4, -0.2) is 36.0 Å². The Kier molecular flexibility index (Phi) is 6.47. The molecule has 2 heterocycles. The number of hydrogen-bond donors (Lipinski definition) is 2. The number of hydrogen-bond acceptors (Lipinski definition) is 7. The Morgan fingerprint density at radius 2 is 2.24 bits per heavy atom. The number of aromatic nitrogens is 1. The van der Waals surface area contributed by atoms with Crippen LogP contribution in [0.15, 0.2) is 34.6 Å². The number of imide groups is 1. The molecule has 0 atom stereocenters. The number of esters is 1. The van der Waals surface area contributed by atoms with Gasteiger partial charge in [-0.2, -0.15) is 0 Å². The van der Waals surface area contributed by atoms with E-state index in [9.17, 15) is 14.4 Å². The van der Waals surface area contributed by atoms with Crippen LogP contribution in [0.4, 0.5) is 4.79 Å². The minimum absolute atomic E-state index is 0.128. The normalized spacial score (nSPS) is 10.1. The fraction of sp³-hybridized carbons (Fsp3) is 0.250. The van der Waals surface area contributed by atoms with Crippen LogP contribution in [0.25, 0.3) is 10.8 Å². The molecule has 0 unspecified atom stereocenters. The molecule has 2 aromatic rings. The molecule has 3 amide bonds. The third-order valence-corrected chi connectivity index (χ3v) is 3.82. The van der Waals surface area contributed by atoms with Crippen molar-refractivity contribution >= 4 is 29.2 Å². The second-order valence-electron chi connectivity index (χ2n) is 4.88. The van der Waals surface area contributed by atoms with Crippen LogP contribution in [0.3, 0.4) is 0 Å². The van der Waals surface area contributed by atoms with Crippen molar-refractivity contribution in [2.75, 3.05) is 13.2 Å². The maximum Gasteiger partial charge on any atom is 0.321 e. The van der Waals surface area contributed by atoms with Crippen LogP contribution in [0.2, 0.25) is 0 Å². The van der Waals surface area contributed by atoms with Crippen molar-refractivity contribution in [1.29, 1.82) is 0 Å². The number of nitrogens with one attached hydrogen (secondary N) is 2. The van der Waals surface area contributed by atoms with E-state index in [2.05, 4.69) is 16.9 Å². The highest BCUT2D eigenvalue weighted by Gasteiger charge is 2.17. The summed E-state index contributed by atoms with van der Waals surface area (Å²) >= 11 is 1.47. The molecule has 0 saturated carbocycles. The average molecular weight is 363 g/mol. The molecule has 132 valence electrons. The molecule has 0 saturated heterocycles. The molecule has 9 heteroatoms. The monoisotopic (exact) mass is 363 g/mol. The SMILES string of the molecule is C=CCNC(=O)NC(=O)COC(=O)Cc1nc(-c2cccs2)oc1C. The van der Waals surface area contributed by atoms with Crippen molar-refractivity contribution in [3.63, 3.8) is 0 Å². The number of aryl methyl sites for hydroxylation is 1. The number of urea groups is 1. The lowest BCUT2D eigenvalue weighted by Gasteiger charge is -2.05. The first-order valence-electron chi connectivity index (χ1n) is 7.34. The van der Waals surface area contributed by atoms with Gasteiger partial charge < -0.3 is 14.5 Å². The van der Waals surface area contributed by atoms with Crippen LogP contribution >= 0.6 is 11.3 Å². The zero-order valence-corrected chi connectivity index (χ0v) is 14.4. The summed E-state index contributed by atoms with van der Waals surface area (Å²) in [7, 11) is 0. The molecular weight excluding hydrogens is 346 g/mol. The quantitative estimate of drug-likeness (QED) is 0.573. The lowest BCUT2D eigenvalue weighted by Crippen LogP contribution is -2.41.